The molecule has 0 spiro atoms. The molecule has 0 radical (unpaired) electrons. The van der Waals surface area contributed by atoms with Gasteiger partial charge in [0.2, 0.25) is 0 Å². The summed E-state index contributed by atoms with van der Waals surface area (Å²) >= 11 is 0. The number of allylic oxidation sites excluding steroid dienone is 1. The molecule has 1 aliphatic rings. The summed E-state index contributed by atoms with van der Waals surface area (Å²) in [5, 5.41) is 0. The molecule has 0 aromatic heterocycles. The molecule has 0 saturated carbocycles. The molecule has 1 aliphatic heterocycles. The van der Waals surface area contributed by atoms with Crippen molar-refractivity contribution >= 4 is 5.57 Å². The van der Waals surface area contributed by atoms with Gasteiger partial charge >= 0.3 is 0 Å². The van der Waals surface area contributed by atoms with Crippen molar-refractivity contribution in [1.29, 1.82) is 0 Å². The van der Waals surface area contributed by atoms with Gasteiger partial charge < -0.3 is 4.90 Å². The molecule has 1 nitrogen and oxygen atoms in total. The van der Waals surface area contributed by atoms with Crippen molar-refractivity contribution in [2.45, 2.75) is 32.1 Å². The molecule has 23 heavy (non-hydrogen) atoms. The molecule has 0 unspecified atom stereocenters. The lowest BCUT2D eigenvalue weighted by Gasteiger charge is -2.26. The van der Waals surface area contributed by atoms with E-state index in [0.29, 0.717) is 0 Å². The quantitative estimate of drug-likeness (QED) is 0.647. The van der Waals surface area contributed by atoms with Crippen molar-refractivity contribution in [1.82, 2.24) is 4.90 Å². The van der Waals surface area contributed by atoms with E-state index in [1.54, 1.807) is 0 Å². The van der Waals surface area contributed by atoms with Gasteiger partial charge in [0, 0.05) is 0 Å². The zero-order chi connectivity index (χ0) is 15.7. The van der Waals surface area contributed by atoms with Gasteiger partial charge in [-0.15, -0.1) is 0 Å². The van der Waals surface area contributed by atoms with E-state index in [9.17, 15) is 0 Å². The second kappa shape index (κ2) is 8.69. The van der Waals surface area contributed by atoms with Crippen LogP contribution in [-0.4, -0.2) is 24.5 Å². The fourth-order valence-corrected chi connectivity index (χ4v) is 3.38. The average molecular weight is 305 g/mol. The predicted molar refractivity (Wildman–Crippen MR) is 99.5 cm³/mol. The van der Waals surface area contributed by atoms with Crippen LogP contribution >= 0.6 is 0 Å². The average Bonchev–Trinajstić information content (AvgIpc) is 2.64. The van der Waals surface area contributed by atoms with Crippen molar-refractivity contribution in [3.63, 3.8) is 0 Å². The van der Waals surface area contributed by atoms with Crippen molar-refractivity contribution in [2.75, 3.05) is 19.6 Å². The van der Waals surface area contributed by atoms with Gasteiger partial charge in [-0.25, -0.2) is 0 Å². The van der Waals surface area contributed by atoms with Gasteiger partial charge in [0.25, 0.3) is 0 Å². The molecule has 1 fully saturated rings. The molecule has 2 aromatic rings. The van der Waals surface area contributed by atoms with Gasteiger partial charge in [-0.3, -0.25) is 0 Å². The minimum absolute atomic E-state index is 1.15. The van der Waals surface area contributed by atoms with Gasteiger partial charge in [-0.2, -0.15) is 0 Å². The van der Waals surface area contributed by atoms with Crippen molar-refractivity contribution < 1.29 is 0 Å². The van der Waals surface area contributed by atoms with E-state index < -0.39 is 0 Å². The predicted octanol–water partition coefficient (Wildman–Crippen LogP) is 5.38. The van der Waals surface area contributed by atoms with E-state index in [-0.39, 0.29) is 0 Å². The summed E-state index contributed by atoms with van der Waals surface area (Å²) in [6, 6.07) is 21.5. The third-order valence-electron chi connectivity index (χ3n) is 4.65. The minimum atomic E-state index is 1.15. The van der Waals surface area contributed by atoms with E-state index >= 15 is 0 Å². The lowest BCUT2D eigenvalue weighted by Crippen LogP contribution is -2.30. The zero-order valence-corrected chi connectivity index (χ0v) is 14.0. The Hall–Kier alpha value is -1.86. The van der Waals surface area contributed by atoms with Crippen molar-refractivity contribution in [3.05, 3.63) is 77.9 Å². The number of hydrogen-bond acceptors (Lipinski definition) is 1. The SMILES string of the molecule is C(CCCN1CCCCC1)=C(c1ccccc1)c1ccccc1. The zero-order valence-electron chi connectivity index (χ0n) is 14.0. The van der Waals surface area contributed by atoms with Crippen LogP contribution in [0, 0.1) is 0 Å². The Morgan fingerprint density at radius 3 is 1.91 bits per heavy atom. The molecule has 0 N–H and O–H groups in total. The lowest BCUT2D eigenvalue weighted by atomic mass is 9.96. The number of benzene rings is 2. The summed E-state index contributed by atoms with van der Waals surface area (Å²) in [6.45, 7) is 3.84. The molecular weight excluding hydrogens is 278 g/mol. The summed E-state index contributed by atoms with van der Waals surface area (Å²) in [5.41, 5.74) is 4.00. The maximum absolute atomic E-state index is 2.63. The molecule has 0 atom stereocenters. The Balaban J connectivity index is 1.66. The Bertz CT molecular complexity index is 553. The summed E-state index contributed by atoms with van der Waals surface area (Å²) < 4.78 is 0. The van der Waals surface area contributed by atoms with E-state index in [4.69, 9.17) is 0 Å². The molecule has 0 amide bonds. The van der Waals surface area contributed by atoms with E-state index in [1.807, 2.05) is 0 Å². The van der Waals surface area contributed by atoms with Crippen LogP contribution in [0.15, 0.2) is 66.7 Å². The normalized spacial score (nSPS) is 15.3. The highest BCUT2D eigenvalue weighted by molar-refractivity contribution is 5.79. The van der Waals surface area contributed by atoms with Crippen LogP contribution in [0.5, 0.6) is 0 Å². The molecule has 0 bridgehead atoms. The first-order chi connectivity index (χ1) is 11.4. The van der Waals surface area contributed by atoms with Crippen molar-refractivity contribution in [2.24, 2.45) is 0 Å². The van der Waals surface area contributed by atoms with Gasteiger partial charge in [0.15, 0.2) is 0 Å². The highest BCUT2D eigenvalue weighted by Crippen LogP contribution is 2.24. The Kier molecular flexibility index (Phi) is 6.05. The van der Waals surface area contributed by atoms with Gasteiger partial charge in [0.1, 0.15) is 0 Å². The summed E-state index contributed by atoms with van der Waals surface area (Å²) in [7, 11) is 0. The first-order valence-corrected chi connectivity index (χ1v) is 8.97. The Morgan fingerprint density at radius 2 is 1.35 bits per heavy atom. The van der Waals surface area contributed by atoms with Crippen LogP contribution in [0.2, 0.25) is 0 Å². The second-order valence-electron chi connectivity index (χ2n) is 6.39. The highest BCUT2D eigenvalue weighted by atomic mass is 15.1. The third kappa shape index (κ3) is 4.80. The van der Waals surface area contributed by atoms with Crippen LogP contribution in [0.25, 0.3) is 5.57 Å². The number of hydrogen-bond donors (Lipinski definition) is 0. The molecule has 1 saturated heterocycles. The van der Waals surface area contributed by atoms with Crippen molar-refractivity contribution in [3.8, 4) is 0 Å². The number of rotatable bonds is 6. The molecule has 1 heteroatoms. The summed E-state index contributed by atoms with van der Waals surface area (Å²) in [6.07, 6.45) is 9.01. The number of nitrogens with zero attached hydrogens (tertiary/aromatic N) is 1. The van der Waals surface area contributed by atoms with E-state index in [0.717, 1.165) is 6.42 Å². The topological polar surface area (TPSA) is 3.24 Å². The number of likely N-dealkylation sites (tertiary alicyclic amines) is 1. The molecule has 2 aromatic carbocycles. The standard InChI is InChI=1S/C22H27N/c1-4-12-20(13-5-1)22(21-14-6-2-7-15-21)16-8-11-19-23-17-9-3-10-18-23/h1-2,4-7,12-16H,3,8-11,17-19H2. The smallest absolute Gasteiger partial charge is 0.00158 e. The third-order valence-corrected chi connectivity index (χ3v) is 4.65. The second-order valence-corrected chi connectivity index (χ2v) is 6.39. The Morgan fingerprint density at radius 1 is 0.783 bits per heavy atom. The molecule has 120 valence electrons. The largest absolute Gasteiger partial charge is 0.303 e. The van der Waals surface area contributed by atoms with Gasteiger partial charge in [-0.1, -0.05) is 73.2 Å². The monoisotopic (exact) mass is 305 g/mol. The molecular formula is C22H27N. The highest BCUT2D eigenvalue weighted by Gasteiger charge is 2.09. The van der Waals surface area contributed by atoms with Gasteiger partial charge in [0.05, 0.1) is 0 Å². The first-order valence-electron chi connectivity index (χ1n) is 8.97. The minimum Gasteiger partial charge on any atom is -0.303 e. The van der Waals surface area contributed by atoms with Gasteiger partial charge in [-0.05, 0) is 62.0 Å². The Labute approximate surface area is 140 Å². The van der Waals surface area contributed by atoms with E-state index in [2.05, 4.69) is 71.6 Å². The van der Waals surface area contributed by atoms with E-state index in [1.165, 1.54) is 62.0 Å². The van der Waals surface area contributed by atoms with Crippen LogP contribution < -0.4 is 0 Å². The first kappa shape index (κ1) is 16.0. The number of unbranched alkanes of at least 4 members (excludes halogenated alkanes) is 1. The number of piperidine rings is 1. The van der Waals surface area contributed by atoms with Crippen LogP contribution in [0.1, 0.15) is 43.2 Å². The fraction of sp³-hybridized carbons (Fsp3) is 0.364. The molecule has 0 aliphatic carbocycles. The van der Waals surface area contributed by atoms with Crippen LogP contribution in [-0.2, 0) is 0 Å². The lowest BCUT2D eigenvalue weighted by molar-refractivity contribution is 0.227. The van der Waals surface area contributed by atoms with Crippen LogP contribution in [0.3, 0.4) is 0 Å². The molecule has 1 heterocycles. The molecule has 3 rings (SSSR count). The maximum atomic E-state index is 2.63. The summed E-state index contributed by atoms with van der Waals surface area (Å²) in [5.74, 6) is 0. The summed E-state index contributed by atoms with van der Waals surface area (Å²) in [4.78, 5) is 2.63. The van der Waals surface area contributed by atoms with Crippen LogP contribution in [0.4, 0.5) is 0 Å². The maximum Gasteiger partial charge on any atom is -0.00158 e. The fourth-order valence-electron chi connectivity index (χ4n) is 3.38.